The Bertz CT molecular complexity index is 380. The molecule has 0 unspecified atom stereocenters. The van der Waals surface area contributed by atoms with Crippen molar-refractivity contribution in [1.82, 2.24) is 0 Å². The van der Waals surface area contributed by atoms with Gasteiger partial charge in [0.05, 0.1) is 5.56 Å². The van der Waals surface area contributed by atoms with Gasteiger partial charge < -0.3 is 0 Å². The van der Waals surface area contributed by atoms with Gasteiger partial charge in [0.15, 0.2) is 5.78 Å². The number of carbonyl (C=O) groups excluding carboxylic acids is 1. The van der Waals surface area contributed by atoms with Crippen LogP contribution in [0.4, 0.5) is 13.2 Å². The molecule has 0 aliphatic carbocycles. The van der Waals surface area contributed by atoms with Crippen molar-refractivity contribution >= 4 is 5.78 Å². The zero-order valence-corrected chi connectivity index (χ0v) is 8.48. The second-order valence-corrected chi connectivity index (χ2v) is 3.36. The second kappa shape index (κ2) is 4.04. The topological polar surface area (TPSA) is 17.1 Å². The Morgan fingerprint density at radius 2 is 2.00 bits per heavy atom. The SMILES string of the molecule is CCC(=O)c1ccc(C(C)(F)F)cc1F. The molecule has 0 bridgehead atoms. The van der Waals surface area contributed by atoms with Gasteiger partial charge in [-0.05, 0) is 12.1 Å². The van der Waals surface area contributed by atoms with Crippen LogP contribution in [0.1, 0.15) is 36.2 Å². The summed E-state index contributed by atoms with van der Waals surface area (Å²) in [6.07, 6.45) is 0.152. The lowest BCUT2D eigenvalue weighted by Crippen LogP contribution is -2.09. The Hall–Kier alpha value is -1.32. The van der Waals surface area contributed by atoms with Crippen LogP contribution in [0, 0.1) is 5.82 Å². The van der Waals surface area contributed by atoms with E-state index in [2.05, 4.69) is 0 Å². The molecule has 0 N–H and O–H groups in total. The highest BCUT2D eigenvalue weighted by molar-refractivity contribution is 5.96. The van der Waals surface area contributed by atoms with Crippen LogP contribution in [-0.2, 0) is 5.92 Å². The quantitative estimate of drug-likeness (QED) is 0.706. The maximum atomic E-state index is 13.3. The number of carbonyl (C=O) groups is 1. The van der Waals surface area contributed by atoms with E-state index in [0.29, 0.717) is 13.0 Å². The molecule has 0 spiro atoms. The molecule has 0 saturated heterocycles. The highest BCUT2D eigenvalue weighted by atomic mass is 19.3. The third-order valence-corrected chi connectivity index (χ3v) is 2.10. The standard InChI is InChI=1S/C11H11F3O/c1-3-10(15)8-5-4-7(6-9(8)12)11(2,13)14/h4-6H,3H2,1-2H3. The minimum absolute atomic E-state index is 0.134. The Morgan fingerprint density at radius 3 is 2.40 bits per heavy atom. The Labute approximate surface area is 85.9 Å². The summed E-state index contributed by atoms with van der Waals surface area (Å²) in [7, 11) is 0. The number of alkyl halides is 2. The first-order valence-electron chi connectivity index (χ1n) is 4.57. The molecule has 15 heavy (non-hydrogen) atoms. The van der Waals surface area contributed by atoms with Crippen LogP contribution in [0.15, 0.2) is 18.2 Å². The van der Waals surface area contributed by atoms with Crippen LogP contribution in [0.25, 0.3) is 0 Å². The van der Waals surface area contributed by atoms with Crippen LogP contribution in [0.5, 0.6) is 0 Å². The minimum Gasteiger partial charge on any atom is -0.294 e. The molecule has 0 atom stereocenters. The lowest BCUT2D eigenvalue weighted by Gasteiger charge is -2.11. The summed E-state index contributed by atoms with van der Waals surface area (Å²) in [6.45, 7) is 2.27. The molecule has 82 valence electrons. The fourth-order valence-corrected chi connectivity index (χ4v) is 1.20. The van der Waals surface area contributed by atoms with Gasteiger partial charge in [0.1, 0.15) is 5.82 Å². The fraction of sp³-hybridized carbons (Fsp3) is 0.364. The summed E-state index contributed by atoms with van der Waals surface area (Å²) in [6, 6.07) is 2.89. The summed E-state index contributed by atoms with van der Waals surface area (Å²) in [5, 5.41) is 0. The average Bonchev–Trinajstić information content (AvgIpc) is 2.15. The molecule has 0 aromatic heterocycles. The van der Waals surface area contributed by atoms with Gasteiger partial charge in [0.25, 0.3) is 5.92 Å². The number of hydrogen-bond donors (Lipinski definition) is 0. The highest BCUT2D eigenvalue weighted by Gasteiger charge is 2.25. The van der Waals surface area contributed by atoms with Crippen LogP contribution < -0.4 is 0 Å². The number of ketones is 1. The van der Waals surface area contributed by atoms with Gasteiger partial charge in [-0.1, -0.05) is 13.0 Å². The number of rotatable bonds is 3. The number of benzene rings is 1. The van der Waals surface area contributed by atoms with Gasteiger partial charge in [-0.2, -0.15) is 0 Å². The lowest BCUT2D eigenvalue weighted by atomic mass is 10.0. The van der Waals surface area contributed by atoms with E-state index >= 15 is 0 Å². The molecule has 1 rings (SSSR count). The highest BCUT2D eigenvalue weighted by Crippen LogP contribution is 2.28. The molecule has 0 amide bonds. The van der Waals surface area contributed by atoms with Gasteiger partial charge in [-0.25, -0.2) is 13.2 Å². The van der Waals surface area contributed by atoms with E-state index in [1.165, 1.54) is 0 Å². The van der Waals surface area contributed by atoms with Crippen molar-refractivity contribution in [3.05, 3.63) is 35.1 Å². The first kappa shape index (κ1) is 11.8. The molecule has 4 heteroatoms. The van der Waals surface area contributed by atoms with Gasteiger partial charge in [-0.15, -0.1) is 0 Å². The van der Waals surface area contributed by atoms with Crippen LogP contribution in [-0.4, -0.2) is 5.78 Å². The molecular formula is C11H11F3O. The zero-order chi connectivity index (χ0) is 11.6. The van der Waals surface area contributed by atoms with Crippen molar-refractivity contribution in [2.45, 2.75) is 26.2 Å². The molecule has 0 aliphatic heterocycles. The summed E-state index contributed by atoms with van der Waals surface area (Å²) < 4.78 is 38.9. The van der Waals surface area contributed by atoms with E-state index in [-0.39, 0.29) is 12.0 Å². The van der Waals surface area contributed by atoms with E-state index in [9.17, 15) is 18.0 Å². The van der Waals surface area contributed by atoms with E-state index in [1.807, 2.05) is 0 Å². The minimum atomic E-state index is -3.09. The molecule has 0 aliphatic rings. The van der Waals surface area contributed by atoms with Crippen molar-refractivity contribution < 1.29 is 18.0 Å². The zero-order valence-electron chi connectivity index (χ0n) is 8.48. The van der Waals surface area contributed by atoms with Gasteiger partial charge in [0.2, 0.25) is 0 Å². The molecular weight excluding hydrogens is 205 g/mol. The van der Waals surface area contributed by atoms with Crippen molar-refractivity contribution in [2.24, 2.45) is 0 Å². The molecule has 1 aromatic rings. The Kier molecular flexibility index (Phi) is 3.17. The predicted octanol–water partition coefficient (Wildman–Crippen LogP) is 3.53. The first-order valence-corrected chi connectivity index (χ1v) is 4.57. The molecule has 0 heterocycles. The Balaban J connectivity index is 3.15. The van der Waals surface area contributed by atoms with Crippen LogP contribution >= 0.6 is 0 Å². The molecule has 0 saturated carbocycles. The summed E-state index contributed by atoms with van der Waals surface area (Å²) >= 11 is 0. The second-order valence-electron chi connectivity index (χ2n) is 3.36. The third kappa shape index (κ3) is 2.58. The third-order valence-electron chi connectivity index (χ3n) is 2.10. The Morgan fingerprint density at radius 1 is 1.40 bits per heavy atom. The maximum absolute atomic E-state index is 13.3. The van der Waals surface area contributed by atoms with Gasteiger partial charge >= 0.3 is 0 Å². The monoisotopic (exact) mass is 216 g/mol. The maximum Gasteiger partial charge on any atom is 0.270 e. The average molecular weight is 216 g/mol. The lowest BCUT2D eigenvalue weighted by molar-refractivity contribution is 0.0171. The summed E-state index contributed by atoms with van der Waals surface area (Å²) in [5.74, 6) is -4.37. The number of halogens is 3. The smallest absolute Gasteiger partial charge is 0.270 e. The van der Waals surface area contributed by atoms with Crippen molar-refractivity contribution in [1.29, 1.82) is 0 Å². The van der Waals surface area contributed by atoms with Gasteiger partial charge in [-0.3, -0.25) is 4.79 Å². The predicted molar refractivity (Wildman–Crippen MR) is 50.6 cm³/mol. The van der Waals surface area contributed by atoms with Crippen LogP contribution in [0.2, 0.25) is 0 Å². The van der Waals surface area contributed by atoms with E-state index in [4.69, 9.17) is 0 Å². The van der Waals surface area contributed by atoms with Crippen molar-refractivity contribution in [3.8, 4) is 0 Å². The van der Waals surface area contributed by atoms with E-state index in [1.54, 1.807) is 6.92 Å². The van der Waals surface area contributed by atoms with Crippen molar-refractivity contribution in [2.75, 3.05) is 0 Å². The summed E-state index contributed by atoms with van der Waals surface area (Å²) in [4.78, 5) is 11.2. The van der Waals surface area contributed by atoms with Crippen LogP contribution in [0.3, 0.4) is 0 Å². The normalized spacial score (nSPS) is 11.5. The first-order chi connectivity index (χ1) is 6.86. The molecule has 1 aromatic carbocycles. The molecule has 1 nitrogen and oxygen atoms in total. The van der Waals surface area contributed by atoms with Crippen molar-refractivity contribution in [3.63, 3.8) is 0 Å². The fourth-order valence-electron chi connectivity index (χ4n) is 1.20. The van der Waals surface area contributed by atoms with E-state index in [0.717, 1.165) is 12.1 Å². The number of Topliss-reactive ketones (excluding diaryl/α,β-unsaturated/α-hetero) is 1. The number of hydrogen-bond acceptors (Lipinski definition) is 1. The van der Waals surface area contributed by atoms with E-state index < -0.39 is 23.1 Å². The molecule has 0 fully saturated rings. The molecule has 0 radical (unpaired) electrons. The van der Waals surface area contributed by atoms with Gasteiger partial charge in [0, 0.05) is 18.9 Å². The largest absolute Gasteiger partial charge is 0.294 e. The summed E-state index contributed by atoms with van der Waals surface area (Å²) in [5.41, 5.74) is -0.557.